The van der Waals surface area contributed by atoms with Gasteiger partial charge in [-0.05, 0) is 36.4 Å². The zero-order valence-corrected chi connectivity index (χ0v) is 10.6. The molecule has 0 N–H and O–H groups in total. The van der Waals surface area contributed by atoms with E-state index in [1.165, 1.54) is 12.1 Å². The molecule has 0 bridgehead atoms. The van der Waals surface area contributed by atoms with Crippen LogP contribution in [0.25, 0.3) is 26.6 Å². The number of fused-ring (bicyclic) bond motifs is 3. The van der Waals surface area contributed by atoms with E-state index in [4.69, 9.17) is 0 Å². The SMILES string of the molecule is Fc1ccc(-c2nnc3sc4ccccc4n23)cc1. The highest BCUT2D eigenvalue weighted by Crippen LogP contribution is 2.29. The van der Waals surface area contributed by atoms with Crippen LogP contribution in [0.4, 0.5) is 4.39 Å². The smallest absolute Gasteiger partial charge is 0.217 e. The van der Waals surface area contributed by atoms with Crippen LogP contribution in [-0.2, 0) is 0 Å². The van der Waals surface area contributed by atoms with Crippen molar-refractivity contribution >= 4 is 26.5 Å². The van der Waals surface area contributed by atoms with Gasteiger partial charge in [-0.3, -0.25) is 4.40 Å². The number of para-hydroxylation sites is 1. The van der Waals surface area contributed by atoms with Gasteiger partial charge in [0, 0.05) is 5.56 Å². The lowest BCUT2D eigenvalue weighted by Gasteiger charge is -1.99. The molecule has 92 valence electrons. The Morgan fingerprint density at radius 3 is 2.58 bits per heavy atom. The molecular formula is C14H8FN3S. The van der Waals surface area contributed by atoms with Crippen molar-refractivity contribution < 1.29 is 4.39 Å². The van der Waals surface area contributed by atoms with E-state index in [-0.39, 0.29) is 5.82 Å². The lowest BCUT2D eigenvalue weighted by Crippen LogP contribution is -1.88. The van der Waals surface area contributed by atoms with Gasteiger partial charge in [-0.25, -0.2) is 4.39 Å². The maximum Gasteiger partial charge on any atom is 0.217 e. The number of hydrogen-bond acceptors (Lipinski definition) is 3. The Kier molecular flexibility index (Phi) is 2.16. The van der Waals surface area contributed by atoms with Gasteiger partial charge in [-0.2, -0.15) is 0 Å². The highest BCUT2D eigenvalue weighted by Gasteiger charge is 2.13. The standard InChI is InChI=1S/C14H8FN3S/c15-10-7-5-9(6-8-10)13-16-17-14-18(13)11-3-1-2-4-12(11)19-14/h1-8H. The number of benzene rings is 2. The van der Waals surface area contributed by atoms with E-state index in [2.05, 4.69) is 16.3 Å². The minimum absolute atomic E-state index is 0.250. The van der Waals surface area contributed by atoms with Crippen LogP contribution in [0.3, 0.4) is 0 Å². The van der Waals surface area contributed by atoms with E-state index in [0.717, 1.165) is 26.6 Å². The van der Waals surface area contributed by atoms with Crippen LogP contribution in [0.5, 0.6) is 0 Å². The Morgan fingerprint density at radius 2 is 1.74 bits per heavy atom. The summed E-state index contributed by atoms with van der Waals surface area (Å²) in [7, 11) is 0. The highest BCUT2D eigenvalue weighted by molar-refractivity contribution is 7.23. The van der Waals surface area contributed by atoms with Crippen LogP contribution in [0.2, 0.25) is 0 Å². The normalized spacial score (nSPS) is 11.4. The van der Waals surface area contributed by atoms with Crippen LogP contribution in [0.1, 0.15) is 0 Å². The van der Waals surface area contributed by atoms with Crippen molar-refractivity contribution in [2.24, 2.45) is 0 Å². The van der Waals surface area contributed by atoms with Crippen LogP contribution in [0, 0.1) is 5.82 Å². The van der Waals surface area contributed by atoms with Crippen molar-refractivity contribution in [1.82, 2.24) is 14.6 Å². The molecule has 0 saturated carbocycles. The average molecular weight is 269 g/mol. The summed E-state index contributed by atoms with van der Waals surface area (Å²) in [6, 6.07) is 14.4. The molecule has 2 aromatic carbocycles. The summed E-state index contributed by atoms with van der Waals surface area (Å²) in [4.78, 5) is 0.848. The minimum Gasteiger partial charge on any atom is -0.265 e. The van der Waals surface area contributed by atoms with Gasteiger partial charge in [0.15, 0.2) is 5.82 Å². The van der Waals surface area contributed by atoms with Gasteiger partial charge in [-0.1, -0.05) is 23.5 Å². The fourth-order valence-corrected chi connectivity index (χ4v) is 3.13. The molecule has 0 saturated heterocycles. The van der Waals surface area contributed by atoms with Crippen LogP contribution < -0.4 is 0 Å². The molecule has 2 aromatic heterocycles. The van der Waals surface area contributed by atoms with Gasteiger partial charge in [0.25, 0.3) is 0 Å². The summed E-state index contributed by atoms with van der Waals surface area (Å²) >= 11 is 1.60. The molecule has 0 aliphatic heterocycles. The summed E-state index contributed by atoms with van der Waals surface area (Å²) in [5, 5.41) is 8.40. The zero-order valence-electron chi connectivity index (χ0n) is 9.75. The molecule has 5 heteroatoms. The Morgan fingerprint density at radius 1 is 0.947 bits per heavy atom. The summed E-state index contributed by atoms with van der Waals surface area (Å²) in [5.41, 5.74) is 1.93. The molecule has 4 rings (SSSR count). The van der Waals surface area contributed by atoms with Gasteiger partial charge in [-0.15, -0.1) is 10.2 Å². The lowest BCUT2D eigenvalue weighted by molar-refractivity contribution is 0.628. The van der Waals surface area contributed by atoms with Crippen molar-refractivity contribution in [2.45, 2.75) is 0 Å². The summed E-state index contributed by atoms with van der Waals surface area (Å²) < 4.78 is 16.2. The number of thiazole rings is 1. The fraction of sp³-hybridized carbons (Fsp3) is 0. The highest BCUT2D eigenvalue weighted by atomic mass is 32.1. The third-order valence-electron chi connectivity index (χ3n) is 3.04. The lowest BCUT2D eigenvalue weighted by atomic mass is 10.2. The van der Waals surface area contributed by atoms with E-state index in [1.54, 1.807) is 23.5 Å². The van der Waals surface area contributed by atoms with E-state index >= 15 is 0 Å². The number of aromatic nitrogens is 3. The monoisotopic (exact) mass is 269 g/mol. The maximum absolute atomic E-state index is 13.0. The topological polar surface area (TPSA) is 30.2 Å². The van der Waals surface area contributed by atoms with Crippen molar-refractivity contribution in [1.29, 1.82) is 0 Å². The van der Waals surface area contributed by atoms with Gasteiger partial charge in [0.2, 0.25) is 4.96 Å². The van der Waals surface area contributed by atoms with Crippen LogP contribution in [-0.4, -0.2) is 14.6 Å². The Balaban J connectivity index is 2.06. The number of hydrogen-bond donors (Lipinski definition) is 0. The summed E-state index contributed by atoms with van der Waals surface area (Å²) in [6.45, 7) is 0. The number of halogens is 1. The van der Waals surface area contributed by atoms with Crippen LogP contribution >= 0.6 is 11.3 Å². The Bertz CT molecular complexity index is 877. The van der Waals surface area contributed by atoms with Gasteiger partial charge >= 0.3 is 0 Å². The van der Waals surface area contributed by atoms with Gasteiger partial charge in [0.05, 0.1) is 10.2 Å². The first-order chi connectivity index (χ1) is 9.33. The molecule has 0 spiro atoms. The Labute approximate surface area is 112 Å². The van der Waals surface area contributed by atoms with Crippen molar-refractivity contribution in [3.05, 3.63) is 54.3 Å². The van der Waals surface area contributed by atoms with Gasteiger partial charge in [0.1, 0.15) is 5.82 Å². The van der Waals surface area contributed by atoms with E-state index in [1.807, 2.05) is 22.6 Å². The zero-order chi connectivity index (χ0) is 12.8. The molecule has 19 heavy (non-hydrogen) atoms. The maximum atomic E-state index is 13.0. The van der Waals surface area contributed by atoms with Crippen LogP contribution in [0.15, 0.2) is 48.5 Å². The summed E-state index contributed by atoms with van der Waals surface area (Å²) in [5.74, 6) is 0.493. The average Bonchev–Trinajstić information content (AvgIpc) is 2.98. The summed E-state index contributed by atoms with van der Waals surface area (Å²) in [6.07, 6.45) is 0. The second kappa shape index (κ2) is 3.86. The minimum atomic E-state index is -0.250. The molecule has 0 aliphatic rings. The molecule has 0 fully saturated rings. The van der Waals surface area contributed by atoms with E-state index in [0.29, 0.717) is 0 Å². The Hall–Kier alpha value is -2.27. The van der Waals surface area contributed by atoms with Crippen molar-refractivity contribution in [3.8, 4) is 11.4 Å². The quantitative estimate of drug-likeness (QED) is 0.527. The van der Waals surface area contributed by atoms with Gasteiger partial charge < -0.3 is 0 Å². The number of rotatable bonds is 1. The molecule has 0 aliphatic carbocycles. The largest absolute Gasteiger partial charge is 0.265 e. The molecular weight excluding hydrogens is 261 g/mol. The fourth-order valence-electron chi connectivity index (χ4n) is 2.17. The predicted octanol–water partition coefficient (Wildman–Crippen LogP) is 3.75. The van der Waals surface area contributed by atoms with Crippen molar-refractivity contribution in [2.75, 3.05) is 0 Å². The third kappa shape index (κ3) is 1.55. The molecule has 0 radical (unpaired) electrons. The molecule has 0 unspecified atom stereocenters. The molecule has 0 amide bonds. The third-order valence-corrected chi connectivity index (χ3v) is 4.06. The molecule has 2 heterocycles. The predicted molar refractivity (Wildman–Crippen MR) is 73.8 cm³/mol. The second-order valence-corrected chi connectivity index (χ2v) is 5.23. The van der Waals surface area contributed by atoms with E-state index in [9.17, 15) is 4.39 Å². The molecule has 3 nitrogen and oxygen atoms in total. The second-order valence-electron chi connectivity index (χ2n) is 4.22. The van der Waals surface area contributed by atoms with E-state index < -0.39 is 0 Å². The first-order valence-electron chi connectivity index (χ1n) is 5.81. The van der Waals surface area contributed by atoms with Crippen molar-refractivity contribution in [3.63, 3.8) is 0 Å². The first kappa shape index (κ1) is 10.6. The first-order valence-corrected chi connectivity index (χ1v) is 6.63. The number of nitrogens with zero attached hydrogens (tertiary/aromatic N) is 3. The molecule has 0 atom stereocenters. The molecule has 4 aromatic rings.